The molecule has 0 saturated carbocycles. The molecule has 1 saturated heterocycles. The van der Waals surface area contributed by atoms with Gasteiger partial charge in [-0.3, -0.25) is 14.4 Å². The summed E-state index contributed by atoms with van der Waals surface area (Å²) in [6.45, 7) is 5.08. The second-order valence-corrected chi connectivity index (χ2v) is 6.73. The molecule has 1 fully saturated rings. The van der Waals surface area contributed by atoms with Gasteiger partial charge in [0.2, 0.25) is 11.8 Å². The van der Waals surface area contributed by atoms with Crippen LogP contribution in [0.3, 0.4) is 0 Å². The number of carbonyl (C=O) groups excluding carboxylic acids is 3. The van der Waals surface area contributed by atoms with E-state index in [0.717, 1.165) is 0 Å². The van der Waals surface area contributed by atoms with E-state index in [4.69, 9.17) is 4.74 Å². The van der Waals surface area contributed by atoms with Crippen LogP contribution in [-0.4, -0.2) is 37.4 Å². The number of hydrogen-bond acceptors (Lipinski definition) is 4. The van der Waals surface area contributed by atoms with Crippen LogP contribution in [0.15, 0.2) is 48.5 Å². The number of para-hydroxylation sites is 2. The predicted octanol–water partition coefficient (Wildman–Crippen LogP) is 2.83. The molecule has 1 aliphatic heterocycles. The molecule has 0 aliphatic carbocycles. The van der Waals surface area contributed by atoms with E-state index in [9.17, 15) is 14.4 Å². The molecule has 1 atom stereocenters. The summed E-state index contributed by atoms with van der Waals surface area (Å²) in [5.74, 6) is -0.314. The van der Waals surface area contributed by atoms with E-state index in [1.54, 1.807) is 29.2 Å². The highest BCUT2D eigenvalue weighted by Crippen LogP contribution is 2.33. The van der Waals surface area contributed by atoms with E-state index in [2.05, 4.69) is 10.6 Å². The van der Waals surface area contributed by atoms with Gasteiger partial charge in [-0.2, -0.15) is 0 Å². The Bertz CT molecular complexity index is 895. The molecule has 0 bridgehead atoms. The van der Waals surface area contributed by atoms with Crippen molar-refractivity contribution in [1.82, 2.24) is 5.32 Å². The van der Waals surface area contributed by atoms with Crippen molar-refractivity contribution in [1.29, 1.82) is 0 Å². The lowest BCUT2D eigenvalue weighted by molar-refractivity contribution is -0.122. The van der Waals surface area contributed by atoms with Crippen molar-refractivity contribution in [3.63, 3.8) is 0 Å². The van der Waals surface area contributed by atoms with Gasteiger partial charge in [0, 0.05) is 30.8 Å². The summed E-state index contributed by atoms with van der Waals surface area (Å²) in [6, 6.07) is 14.0. The Kier molecular flexibility index (Phi) is 6.49. The number of anilines is 2. The van der Waals surface area contributed by atoms with Crippen LogP contribution in [0.2, 0.25) is 0 Å². The first-order chi connectivity index (χ1) is 14.0. The van der Waals surface area contributed by atoms with Crippen LogP contribution in [0, 0.1) is 5.92 Å². The highest BCUT2D eigenvalue weighted by molar-refractivity contribution is 6.04. The van der Waals surface area contributed by atoms with Crippen molar-refractivity contribution in [3.8, 4) is 5.75 Å². The third-order valence-corrected chi connectivity index (χ3v) is 4.70. The van der Waals surface area contributed by atoms with E-state index in [1.165, 1.54) is 0 Å². The molecule has 2 N–H and O–H groups in total. The minimum Gasteiger partial charge on any atom is -0.492 e. The Morgan fingerprint density at radius 1 is 1.10 bits per heavy atom. The molecule has 3 rings (SSSR count). The van der Waals surface area contributed by atoms with Gasteiger partial charge >= 0.3 is 0 Å². The van der Waals surface area contributed by atoms with E-state index in [0.29, 0.717) is 42.4 Å². The van der Waals surface area contributed by atoms with Gasteiger partial charge in [0.05, 0.1) is 18.2 Å². The standard InChI is InChI=1S/C22H25N3O4/c1-3-23-21(27)15-9-11-17(12-10-15)24-22(28)16-13-20(26)25(14-16)18-7-5-6-8-19(18)29-4-2/h5-12,16H,3-4,13-14H2,1-2H3,(H,23,27)(H,24,28). The number of benzene rings is 2. The zero-order chi connectivity index (χ0) is 20.8. The largest absolute Gasteiger partial charge is 0.492 e. The predicted molar refractivity (Wildman–Crippen MR) is 111 cm³/mol. The van der Waals surface area contributed by atoms with Crippen molar-refractivity contribution in [2.75, 3.05) is 29.9 Å². The summed E-state index contributed by atoms with van der Waals surface area (Å²) in [7, 11) is 0. The Morgan fingerprint density at radius 3 is 2.52 bits per heavy atom. The third-order valence-electron chi connectivity index (χ3n) is 4.70. The SMILES string of the molecule is CCNC(=O)c1ccc(NC(=O)C2CC(=O)N(c3ccccc3OCC)C2)cc1. The molecule has 1 heterocycles. The lowest BCUT2D eigenvalue weighted by atomic mass is 10.1. The topological polar surface area (TPSA) is 87.7 Å². The van der Waals surface area contributed by atoms with Gasteiger partial charge in [0.15, 0.2) is 0 Å². The highest BCUT2D eigenvalue weighted by atomic mass is 16.5. The smallest absolute Gasteiger partial charge is 0.251 e. The van der Waals surface area contributed by atoms with Gasteiger partial charge in [-0.05, 0) is 50.2 Å². The molecule has 29 heavy (non-hydrogen) atoms. The first-order valence-corrected chi connectivity index (χ1v) is 9.74. The van der Waals surface area contributed by atoms with Gasteiger partial charge in [0.1, 0.15) is 5.75 Å². The van der Waals surface area contributed by atoms with Crippen LogP contribution in [0.25, 0.3) is 0 Å². The van der Waals surface area contributed by atoms with Crippen molar-refractivity contribution >= 4 is 29.1 Å². The molecular formula is C22H25N3O4. The minimum atomic E-state index is -0.458. The second-order valence-electron chi connectivity index (χ2n) is 6.73. The van der Waals surface area contributed by atoms with Crippen molar-refractivity contribution < 1.29 is 19.1 Å². The second kappa shape index (κ2) is 9.23. The normalized spacial score (nSPS) is 15.9. The average molecular weight is 395 g/mol. The maximum absolute atomic E-state index is 12.7. The molecule has 152 valence electrons. The molecule has 1 unspecified atom stereocenters. The van der Waals surface area contributed by atoms with E-state index in [-0.39, 0.29) is 24.1 Å². The molecule has 3 amide bonds. The van der Waals surface area contributed by atoms with E-state index in [1.807, 2.05) is 38.1 Å². The number of carbonyl (C=O) groups is 3. The molecule has 0 radical (unpaired) electrons. The maximum atomic E-state index is 12.7. The molecule has 0 spiro atoms. The fraction of sp³-hybridized carbons (Fsp3) is 0.318. The zero-order valence-electron chi connectivity index (χ0n) is 16.6. The molecule has 1 aliphatic rings. The number of nitrogens with one attached hydrogen (secondary N) is 2. The summed E-state index contributed by atoms with van der Waals surface area (Å²) in [5.41, 5.74) is 1.80. The Hall–Kier alpha value is -3.35. The van der Waals surface area contributed by atoms with Crippen molar-refractivity contribution in [3.05, 3.63) is 54.1 Å². The van der Waals surface area contributed by atoms with Gasteiger partial charge in [-0.15, -0.1) is 0 Å². The van der Waals surface area contributed by atoms with E-state index < -0.39 is 5.92 Å². The van der Waals surface area contributed by atoms with Crippen molar-refractivity contribution in [2.24, 2.45) is 5.92 Å². The van der Waals surface area contributed by atoms with Gasteiger partial charge in [-0.1, -0.05) is 12.1 Å². The van der Waals surface area contributed by atoms with Crippen LogP contribution in [0.1, 0.15) is 30.6 Å². The quantitative estimate of drug-likeness (QED) is 0.755. The molecule has 2 aromatic carbocycles. The van der Waals surface area contributed by atoms with Crippen LogP contribution >= 0.6 is 0 Å². The monoisotopic (exact) mass is 395 g/mol. The average Bonchev–Trinajstić information content (AvgIpc) is 3.11. The lowest BCUT2D eigenvalue weighted by Gasteiger charge is -2.20. The Balaban J connectivity index is 1.66. The van der Waals surface area contributed by atoms with Gasteiger partial charge in [0.25, 0.3) is 5.91 Å². The first kappa shape index (κ1) is 20.4. The number of ether oxygens (including phenoxy) is 1. The fourth-order valence-electron chi connectivity index (χ4n) is 3.29. The van der Waals surface area contributed by atoms with Crippen LogP contribution in [-0.2, 0) is 9.59 Å². The summed E-state index contributed by atoms with van der Waals surface area (Å²) in [5, 5.41) is 5.56. The van der Waals surface area contributed by atoms with Crippen molar-refractivity contribution in [2.45, 2.75) is 20.3 Å². The first-order valence-electron chi connectivity index (χ1n) is 9.74. The number of amides is 3. The fourth-order valence-corrected chi connectivity index (χ4v) is 3.29. The minimum absolute atomic E-state index is 0.108. The Labute approximate surface area is 170 Å². The molecule has 2 aromatic rings. The number of rotatable bonds is 7. The third kappa shape index (κ3) is 4.74. The number of nitrogens with zero attached hydrogens (tertiary/aromatic N) is 1. The number of hydrogen-bond donors (Lipinski definition) is 2. The lowest BCUT2D eigenvalue weighted by Crippen LogP contribution is -2.28. The molecule has 7 nitrogen and oxygen atoms in total. The van der Waals surface area contributed by atoms with Gasteiger partial charge in [-0.25, -0.2) is 0 Å². The Morgan fingerprint density at radius 2 is 1.83 bits per heavy atom. The highest BCUT2D eigenvalue weighted by Gasteiger charge is 2.36. The van der Waals surface area contributed by atoms with Crippen LogP contribution in [0.4, 0.5) is 11.4 Å². The van der Waals surface area contributed by atoms with Crippen LogP contribution in [0.5, 0.6) is 5.75 Å². The van der Waals surface area contributed by atoms with Gasteiger partial charge < -0.3 is 20.3 Å². The summed E-state index contributed by atoms with van der Waals surface area (Å²) < 4.78 is 5.61. The maximum Gasteiger partial charge on any atom is 0.251 e. The molecule has 0 aromatic heterocycles. The van der Waals surface area contributed by atoms with Crippen LogP contribution < -0.4 is 20.3 Å². The molecule has 7 heteroatoms. The molecular weight excluding hydrogens is 370 g/mol. The zero-order valence-corrected chi connectivity index (χ0v) is 16.6. The summed E-state index contributed by atoms with van der Waals surface area (Å²) in [4.78, 5) is 38.6. The van der Waals surface area contributed by atoms with E-state index >= 15 is 0 Å². The summed E-state index contributed by atoms with van der Waals surface area (Å²) in [6.07, 6.45) is 0.142. The summed E-state index contributed by atoms with van der Waals surface area (Å²) >= 11 is 0.